The summed E-state index contributed by atoms with van der Waals surface area (Å²) in [5.74, 6) is 0.491. The van der Waals surface area contributed by atoms with Gasteiger partial charge in [0.25, 0.3) is 5.56 Å². The number of hydrogen-bond donors (Lipinski definition) is 1. The molecule has 5 heteroatoms. The second kappa shape index (κ2) is 6.91. The van der Waals surface area contributed by atoms with Gasteiger partial charge in [-0.05, 0) is 5.56 Å². The van der Waals surface area contributed by atoms with Gasteiger partial charge in [0.05, 0.1) is 0 Å². The first-order chi connectivity index (χ1) is 11.6. The summed E-state index contributed by atoms with van der Waals surface area (Å²) in [5.41, 5.74) is 2.57. The number of H-pyrrole nitrogens is 1. The number of hydrogen-bond acceptors (Lipinski definition) is 4. The van der Waals surface area contributed by atoms with Crippen molar-refractivity contribution in [1.29, 1.82) is 0 Å². The maximum Gasteiger partial charge on any atom is 0.290 e. The van der Waals surface area contributed by atoms with Crippen LogP contribution < -0.4 is 5.56 Å². The summed E-state index contributed by atoms with van der Waals surface area (Å²) < 4.78 is 0. The lowest BCUT2D eigenvalue weighted by molar-refractivity contribution is 0.565. The molecule has 120 valence electrons. The van der Waals surface area contributed by atoms with Crippen LogP contribution in [0.3, 0.4) is 0 Å². The lowest BCUT2D eigenvalue weighted by Crippen LogP contribution is -2.18. The van der Waals surface area contributed by atoms with Gasteiger partial charge in [0, 0.05) is 31.4 Å². The predicted molar refractivity (Wildman–Crippen MR) is 95.3 cm³/mol. The highest BCUT2D eigenvalue weighted by Crippen LogP contribution is 2.21. The Hall–Kier alpha value is -3.21. The molecule has 2 aromatic carbocycles. The van der Waals surface area contributed by atoms with Crippen molar-refractivity contribution in [3.05, 3.63) is 88.5 Å². The maximum atomic E-state index is 12.4. The van der Waals surface area contributed by atoms with Gasteiger partial charge >= 0.3 is 0 Å². The lowest BCUT2D eigenvalue weighted by Gasteiger charge is -2.12. The van der Waals surface area contributed by atoms with Gasteiger partial charge in [-0.3, -0.25) is 4.79 Å². The number of benzene rings is 2. The van der Waals surface area contributed by atoms with Crippen LogP contribution in [0.2, 0.25) is 0 Å². The Bertz CT molecular complexity index is 899. The van der Waals surface area contributed by atoms with Crippen molar-refractivity contribution in [1.82, 2.24) is 20.1 Å². The van der Waals surface area contributed by atoms with Crippen molar-refractivity contribution < 1.29 is 0 Å². The van der Waals surface area contributed by atoms with Crippen LogP contribution in [0.25, 0.3) is 17.0 Å². The maximum absolute atomic E-state index is 12.4. The molecule has 0 aliphatic carbocycles. The molecule has 3 rings (SSSR count). The summed E-state index contributed by atoms with van der Waals surface area (Å²) in [5, 5.41) is 6.64. The van der Waals surface area contributed by atoms with Crippen LogP contribution in [0.15, 0.2) is 71.7 Å². The molecule has 3 aromatic rings. The SMILES string of the molecule is CN(C)/C=C(\c1ccccc1)c1nc(-c2ccccc2)n[nH]c1=O. The number of aromatic nitrogens is 3. The Morgan fingerprint density at radius 3 is 2.25 bits per heavy atom. The lowest BCUT2D eigenvalue weighted by atomic mass is 10.0. The van der Waals surface area contributed by atoms with E-state index in [1.807, 2.05) is 85.9 Å². The Kier molecular flexibility index (Phi) is 4.52. The van der Waals surface area contributed by atoms with E-state index in [1.165, 1.54) is 0 Å². The molecule has 0 amide bonds. The van der Waals surface area contributed by atoms with E-state index in [-0.39, 0.29) is 5.56 Å². The molecule has 0 spiro atoms. The molecule has 0 aliphatic rings. The minimum absolute atomic E-state index is 0.313. The van der Waals surface area contributed by atoms with E-state index in [0.29, 0.717) is 11.5 Å². The van der Waals surface area contributed by atoms with Crippen molar-refractivity contribution in [2.24, 2.45) is 0 Å². The van der Waals surface area contributed by atoms with E-state index in [1.54, 1.807) is 0 Å². The third-order valence-electron chi connectivity index (χ3n) is 3.46. The fraction of sp³-hybridized carbons (Fsp3) is 0.105. The first-order valence-electron chi connectivity index (χ1n) is 7.61. The largest absolute Gasteiger partial charge is 0.383 e. The normalized spacial score (nSPS) is 11.3. The minimum atomic E-state index is -0.313. The molecule has 0 bridgehead atoms. The van der Waals surface area contributed by atoms with Gasteiger partial charge in [-0.1, -0.05) is 60.7 Å². The summed E-state index contributed by atoms with van der Waals surface area (Å²) in [6, 6.07) is 19.3. The van der Waals surface area contributed by atoms with Crippen LogP contribution in [0.4, 0.5) is 0 Å². The van der Waals surface area contributed by atoms with Crippen LogP contribution >= 0.6 is 0 Å². The van der Waals surface area contributed by atoms with Gasteiger partial charge < -0.3 is 4.90 Å². The highest BCUT2D eigenvalue weighted by atomic mass is 16.1. The zero-order chi connectivity index (χ0) is 16.9. The van der Waals surface area contributed by atoms with E-state index in [9.17, 15) is 4.79 Å². The van der Waals surface area contributed by atoms with Gasteiger partial charge in [0.2, 0.25) is 0 Å². The topological polar surface area (TPSA) is 61.9 Å². The number of aromatic amines is 1. The molecule has 0 saturated carbocycles. The van der Waals surface area contributed by atoms with E-state index < -0.39 is 0 Å². The molecule has 1 aromatic heterocycles. The number of nitrogens with zero attached hydrogens (tertiary/aromatic N) is 3. The fourth-order valence-corrected chi connectivity index (χ4v) is 2.39. The first kappa shape index (κ1) is 15.7. The summed E-state index contributed by atoms with van der Waals surface area (Å²) >= 11 is 0. The van der Waals surface area contributed by atoms with Crippen LogP contribution in [-0.4, -0.2) is 34.2 Å². The van der Waals surface area contributed by atoms with Gasteiger partial charge in [-0.25, -0.2) is 10.1 Å². The summed E-state index contributed by atoms with van der Waals surface area (Å²) in [6.07, 6.45) is 1.89. The van der Waals surface area contributed by atoms with Gasteiger partial charge in [-0.2, -0.15) is 5.10 Å². The monoisotopic (exact) mass is 318 g/mol. The zero-order valence-electron chi connectivity index (χ0n) is 13.6. The standard InChI is InChI=1S/C19H18N4O/c1-23(2)13-16(14-9-5-3-6-10-14)17-19(24)22-21-18(20-17)15-11-7-4-8-12-15/h3-13H,1-2H3,(H,22,24)/b16-13+. The van der Waals surface area contributed by atoms with Gasteiger partial charge in [0.15, 0.2) is 5.82 Å². The Morgan fingerprint density at radius 2 is 1.62 bits per heavy atom. The Labute approximate surface area is 140 Å². The third kappa shape index (κ3) is 3.41. The molecule has 1 heterocycles. The van der Waals surface area contributed by atoms with Crippen molar-refractivity contribution in [3.63, 3.8) is 0 Å². The summed E-state index contributed by atoms with van der Waals surface area (Å²) in [6.45, 7) is 0. The van der Waals surface area contributed by atoms with Crippen molar-refractivity contribution in [3.8, 4) is 11.4 Å². The molecule has 0 fully saturated rings. The van der Waals surface area contributed by atoms with Crippen LogP contribution in [0, 0.1) is 0 Å². The predicted octanol–water partition coefficient (Wildman–Crippen LogP) is 2.78. The van der Waals surface area contributed by atoms with E-state index in [0.717, 1.165) is 16.7 Å². The Morgan fingerprint density at radius 1 is 1.00 bits per heavy atom. The van der Waals surface area contributed by atoms with Crippen molar-refractivity contribution in [2.45, 2.75) is 0 Å². The number of nitrogens with one attached hydrogen (secondary N) is 1. The van der Waals surface area contributed by atoms with Gasteiger partial charge in [0.1, 0.15) is 5.69 Å². The summed E-state index contributed by atoms with van der Waals surface area (Å²) in [7, 11) is 3.83. The Balaban J connectivity index is 2.17. The van der Waals surface area contributed by atoms with Crippen molar-refractivity contribution >= 4 is 5.57 Å². The molecule has 0 unspecified atom stereocenters. The van der Waals surface area contributed by atoms with Crippen LogP contribution in [-0.2, 0) is 0 Å². The average molecular weight is 318 g/mol. The van der Waals surface area contributed by atoms with Crippen LogP contribution in [0.5, 0.6) is 0 Å². The third-order valence-corrected chi connectivity index (χ3v) is 3.46. The van der Waals surface area contributed by atoms with E-state index in [4.69, 9.17) is 0 Å². The average Bonchev–Trinajstić information content (AvgIpc) is 2.62. The molecule has 0 radical (unpaired) electrons. The molecular weight excluding hydrogens is 300 g/mol. The van der Waals surface area contributed by atoms with Crippen LogP contribution in [0.1, 0.15) is 11.3 Å². The highest BCUT2D eigenvalue weighted by molar-refractivity contribution is 5.77. The molecule has 0 saturated heterocycles. The fourth-order valence-electron chi connectivity index (χ4n) is 2.39. The van der Waals surface area contributed by atoms with Gasteiger partial charge in [-0.15, -0.1) is 0 Å². The first-order valence-corrected chi connectivity index (χ1v) is 7.61. The quantitative estimate of drug-likeness (QED) is 0.803. The second-order valence-electron chi connectivity index (χ2n) is 5.58. The van der Waals surface area contributed by atoms with E-state index in [2.05, 4.69) is 15.2 Å². The smallest absolute Gasteiger partial charge is 0.290 e. The molecular formula is C19H18N4O. The molecule has 0 aliphatic heterocycles. The zero-order valence-corrected chi connectivity index (χ0v) is 13.6. The van der Waals surface area contributed by atoms with E-state index >= 15 is 0 Å². The number of rotatable bonds is 4. The minimum Gasteiger partial charge on any atom is -0.383 e. The second-order valence-corrected chi connectivity index (χ2v) is 5.58. The summed E-state index contributed by atoms with van der Waals surface area (Å²) in [4.78, 5) is 18.8. The van der Waals surface area contributed by atoms with Crippen molar-refractivity contribution in [2.75, 3.05) is 14.1 Å². The molecule has 0 atom stereocenters. The molecule has 1 N–H and O–H groups in total. The highest BCUT2D eigenvalue weighted by Gasteiger charge is 2.14. The molecule has 5 nitrogen and oxygen atoms in total. The molecule has 24 heavy (non-hydrogen) atoms.